The van der Waals surface area contributed by atoms with E-state index in [9.17, 15) is 4.79 Å². The van der Waals surface area contributed by atoms with Crippen LogP contribution in [0, 0.1) is 19.3 Å². The van der Waals surface area contributed by atoms with E-state index in [1.54, 1.807) is 0 Å². The van der Waals surface area contributed by atoms with Crippen LogP contribution < -0.4 is 10.1 Å². The molecule has 2 aromatic carbocycles. The van der Waals surface area contributed by atoms with E-state index in [-0.39, 0.29) is 23.3 Å². The molecule has 5 heteroatoms. The van der Waals surface area contributed by atoms with E-state index in [2.05, 4.69) is 77.0 Å². The molecule has 3 rings (SSSR count). The Morgan fingerprint density at radius 3 is 2.33 bits per heavy atom. The zero-order valence-corrected chi connectivity index (χ0v) is 19.9. The van der Waals surface area contributed by atoms with Crippen molar-refractivity contribution in [2.75, 3.05) is 11.9 Å². The largest absolute Gasteiger partial charge is 0.484 e. The number of fused-ring (bicyclic) bond motifs is 1. The third-order valence-electron chi connectivity index (χ3n) is 5.31. The molecule has 0 aliphatic heterocycles. The van der Waals surface area contributed by atoms with E-state index in [4.69, 9.17) is 4.74 Å². The molecule has 0 bridgehead atoms. The third-order valence-corrected chi connectivity index (χ3v) is 6.25. The monoisotopic (exact) mass is 424 g/mol. The van der Waals surface area contributed by atoms with Crippen molar-refractivity contribution < 1.29 is 9.53 Å². The molecule has 0 spiro atoms. The van der Waals surface area contributed by atoms with Crippen molar-refractivity contribution in [3.8, 4) is 5.75 Å². The van der Waals surface area contributed by atoms with Gasteiger partial charge in [-0.1, -0.05) is 64.2 Å². The van der Waals surface area contributed by atoms with Gasteiger partial charge in [-0.3, -0.25) is 10.1 Å². The minimum Gasteiger partial charge on any atom is -0.484 e. The first kappa shape index (κ1) is 22.3. The molecule has 0 saturated carbocycles. The van der Waals surface area contributed by atoms with Gasteiger partial charge in [0.2, 0.25) is 0 Å². The van der Waals surface area contributed by atoms with Crippen LogP contribution in [0.4, 0.5) is 5.13 Å². The Bertz CT molecular complexity index is 1040. The quantitative estimate of drug-likeness (QED) is 0.482. The lowest BCUT2D eigenvalue weighted by molar-refractivity contribution is -0.118. The number of benzene rings is 2. The molecule has 30 heavy (non-hydrogen) atoms. The summed E-state index contributed by atoms with van der Waals surface area (Å²) in [5.41, 5.74) is 4.91. The molecule has 0 radical (unpaired) electrons. The number of aryl methyl sites for hydroxylation is 2. The van der Waals surface area contributed by atoms with Gasteiger partial charge in [0.15, 0.2) is 11.7 Å². The van der Waals surface area contributed by atoms with Gasteiger partial charge in [0.25, 0.3) is 5.91 Å². The van der Waals surface area contributed by atoms with Gasteiger partial charge in [0, 0.05) is 0 Å². The van der Waals surface area contributed by atoms with E-state index in [1.807, 2.05) is 18.2 Å². The van der Waals surface area contributed by atoms with Gasteiger partial charge in [0.05, 0.1) is 10.2 Å². The number of thiazole rings is 1. The highest BCUT2D eigenvalue weighted by Crippen LogP contribution is 2.36. The number of rotatable bonds is 6. The molecule has 1 N–H and O–H groups in total. The molecule has 0 fully saturated rings. The van der Waals surface area contributed by atoms with E-state index < -0.39 is 0 Å². The number of hydrogen-bond donors (Lipinski definition) is 1. The first-order valence-electron chi connectivity index (χ1n) is 10.3. The Labute approximate surface area is 183 Å². The van der Waals surface area contributed by atoms with Gasteiger partial charge in [-0.25, -0.2) is 4.98 Å². The summed E-state index contributed by atoms with van der Waals surface area (Å²) >= 11 is 1.48. The van der Waals surface area contributed by atoms with Crippen molar-refractivity contribution in [1.29, 1.82) is 0 Å². The second-order valence-corrected chi connectivity index (χ2v) is 10.9. The summed E-state index contributed by atoms with van der Waals surface area (Å²) < 4.78 is 6.76. The average Bonchev–Trinajstić information content (AvgIpc) is 3.05. The van der Waals surface area contributed by atoms with Gasteiger partial charge in [0.1, 0.15) is 5.75 Å². The Balaban J connectivity index is 1.59. The highest BCUT2D eigenvalue weighted by atomic mass is 32.1. The van der Waals surface area contributed by atoms with Crippen molar-refractivity contribution >= 4 is 32.6 Å². The summed E-state index contributed by atoms with van der Waals surface area (Å²) in [6, 6.07) is 12.2. The van der Waals surface area contributed by atoms with Crippen LogP contribution in [0.3, 0.4) is 0 Å². The smallest absolute Gasteiger partial charge is 0.264 e. The predicted molar refractivity (Wildman–Crippen MR) is 127 cm³/mol. The lowest BCUT2D eigenvalue weighted by atomic mass is 9.72. The minimum atomic E-state index is -0.208. The standard InChI is InChI=1S/C25H32N2O2S/c1-16-8-13-20-22(17(16)2)27-23(30-20)26-21(28)14-29-19-11-9-18(10-12-19)25(6,7)15-24(3,4)5/h8-13H,14-15H2,1-7H3,(H,26,27,28). The van der Waals surface area contributed by atoms with Crippen molar-refractivity contribution in [2.45, 2.75) is 60.3 Å². The number of carbonyl (C=O) groups excluding carboxylic acids is 1. The van der Waals surface area contributed by atoms with Crippen LogP contribution in [0.15, 0.2) is 36.4 Å². The van der Waals surface area contributed by atoms with E-state index in [0.29, 0.717) is 10.9 Å². The number of anilines is 1. The first-order chi connectivity index (χ1) is 13.9. The first-order valence-corrected chi connectivity index (χ1v) is 11.2. The maximum Gasteiger partial charge on any atom is 0.264 e. The van der Waals surface area contributed by atoms with E-state index in [0.717, 1.165) is 22.2 Å². The van der Waals surface area contributed by atoms with Crippen LogP contribution in [-0.2, 0) is 10.2 Å². The minimum absolute atomic E-state index is 0.0430. The number of carbonyl (C=O) groups is 1. The third kappa shape index (κ3) is 5.39. The highest BCUT2D eigenvalue weighted by molar-refractivity contribution is 7.22. The summed E-state index contributed by atoms with van der Waals surface area (Å²) in [5.74, 6) is 0.483. The number of aromatic nitrogens is 1. The summed E-state index contributed by atoms with van der Waals surface area (Å²) in [7, 11) is 0. The number of amides is 1. The zero-order valence-electron chi connectivity index (χ0n) is 19.1. The molecule has 1 amide bonds. The fourth-order valence-corrected chi connectivity index (χ4v) is 4.96. The van der Waals surface area contributed by atoms with Gasteiger partial charge in [-0.05, 0) is 66.0 Å². The maximum atomic E-state index is 12.3. The fourth-order valence-electron chi connectivity index (χ4n) is 4.01. The van der Waals surface area contributed by atoms with Crippen LogP contribution in [-0.4, -0.2) is 17.5 Å². The Morgan fingerprint density at radius 1 is 1.03 bits per heavy atom. The number of nitrogens with zero attached hydrogens (tertiary/aromatic N) is 1. The molecule has 1 heterocycles. The second kappa shape index (κ2) is 8.38. The SMILES string of the molecule is Cc1ccc2sc(NC(=O)COc3ccc(C(C)(C)CC(C)(C)C)cc3)nc2c1C. The van der Waals surface area contributed by atoms with Gasteiger partial charge in [-0.15, -0.1) is 0 Å². The van der Waals surface area contributed by atoms with E-state index >= 15 is 0 Å². The number of hydrogen-bond acceptors (Lipinski definition) is 4. The molecule has 3 aromatic rings. The van der Waals surface area contributed by atoms with Gasteiger partial charge < -0.3 is 4.74 Å². The summed E-state index contributed by atoms with van der Waals surface area (Å²) in [4.78, 5) is 16.9. The average molecular weight is 425 g/mol. The molecule has 0 saturated heterocycles. The Kier molecular flexibility index (Phi) is 6.23. The molecule has 0 aliphatic carbocycles. The number of ether oxygens (including phenoxy) is 1. The second-order valence-electron chi connectivity index (χ2n) is 9.86. The molecule has 160 valence electrons. The maximum absolute atomic E-state index is 12.3. The van der Waals surface area contributed by atoms with Crippen molar-refractivity contribution in [1.82, 2.24) is 4.98 Å². The lowest BCUT2D eigenvalue weighted by Gasteiger charge is -2.33. The van der Waals surface area contributed by atoms with Gasteiger partial charge >= 0.3 is 0 Å². The molecule has 0 unspecified atom stereocenters. The van der Waals surface area contributed by atoms with Crippen LogP contribution in [0.5, 0.6) is 5.75 Å². The molecule has 1 aromatic heterocycles. The normalized spacial score (nSPS) is 12.2. The Morgan fingerprint density at radius 2 is 1.70 bits per heavy atom. The topological polar surface area (TPSA) is 51.2 Å². The van der Waals surface area contributed by atoms with E-state index in [1.165, 1.54) is 22.5 Å². The van der Waals surface area contributed by atoms with Gasteiger partial charge in [-0.2, -0.15) is 0 Å². The Hall–Kier alpha value is -2.40. The summed E-state index contributed by atoms with van der Waals surface area (Å²) in [5, 5.41) is 3.46. The van der Waals surface area contributed by atoms with Crippen LogP contribution in [0.2, 0.25) is 0 Å². The lowest BCUT2D eigenvalue weighted by Crippen LogP contribution is -2.24. The molecule has 0 atom stereocenters. The predicted octanol–water partition coefficient (Wildman–Crippen LogP) is 6.64. The fraction of sp³-hybridized carbons (Fsp3) is 0.440. The molecule has 4 nitrogen and oxygen atoms in total. The zero-order chi connectivity index (χ0) is 22.1. The molecular formula is C25H32N2O2S. The van der Waals surface area contributed by atoms with Crippen LogP contribution in [0.1, 0.15) is 57.7 Å². The van der Waals surface area contributed by atoms with Crippen molar-refractivity contribution in [3.05, 3.63) is 53.1 Å². The summed E-state index contributed by atoms with van der Waals surface area (Å²) in [6.45, 7) is 15.4. The molecular weight excluding hydrogens is 392 g/mol. The highest BCUT2D eigenvalue weighted by Gasteiger charge is 2.27. The molecule has 0 aliphatic rings. The van der Waals surface area contributed by atoms with Crippen molar-refractivity contribution in [2.24, 2.45) is 5.41 Å². The van der Waals surface area contributed by atoms with Crippen LogP contribution in [0.25, 0.3) is 10.2 Å². The number of nitrogens with one attached hydrogen (secondary N) is 1. The van der Waals surface area contributed by atoms with Crippen molar-refractivity contribution in [3.63, 3.8) is 0 Å². The summed E-state index contributed by atoms with van der Waals surface area (Å²) in [6.07, 6.45) is 1.09. The van der Waals surface area contributed by atoms with Crippen LogP contribution >= 0.6 is 11.3 Å².